The van der Waals surface area contributed by atoms with E-state index in [4.69, 9.17) is 4.74 Å². The average molecular weight is 290 g/mol. The number of hydrogen-bond donors (Lipinski definition) is 1. The molecule has 0 aliphatic carbocycles. The number of methoxy groups -OCH3 is 1. The molecule has 1 aromatic heterocycles. The van der Waals surface area contributed by atoms with Crippen molar-refractivity contribution in [2.45, 2.75) is 26.8 Å². The van der Waals surface area contributed by atoms with Crippen LogP contribution < -0.4 is 5.32 Å². The summed E-state index contributed by atoms with van der Waals surface area (Å²) in [4.78, 5) is 15.9. The van der Waals surface area contributed by atoms with Crippen molar-refractivity contribution in [1.82, 2.24) is 4.98 Å². The Bertz CT molecular complexity index is 622. The third-order valence-corrected chi connectivity index (χ3v) is 3.89. The molecule has 4 nitrogen and oxygen atoms in total. The van der Waals surface area contributed by atoms with Gasteiger partial charge in [0.2, 0.25) is 0 Å². The predicted octanol–water partition coefficient (Wildman–Crippen LogP) is 3.72. The van der Waals surface area contributed by atoms with E-state index < -0.39 is 0 Å². The van der Waals surface area contributed by atoms with E-state index in [0.717, 1.165) is 22.0 Å². The van der Waals surface area contributed by atoms with Crippen LogP contribution >= 0.6 is 11.3 Å². The van der Waals surface area contributed by atoms with E-state index in [1.54, 1.807) is 17.4 Å². The monoisotopic (exact) mass is 290 g/mol. The van der Waals surface area contributed by atoms with E-state index in [-0.39, 0.29) is 12.0 Å². The Balaban J connectivity index is 2.15. The Hall–Kier alpha value is -1.88. The highest BCUT2D eigenvalue weighted by Crippen LogP contribution is 2.24. The van der Waals surface area contributed by atoms with Crippen molar-refractivity contribution in [3.63, 3.8) is 0 Å². The zero-order chi connectivity index (χ0) is 14.7. The summed E-state index contributed by atoms with van der Waals surface area (Å²) in [5.41, 5.74) is 3.60. The molecule has 1 heterocycles. The van der Waals surface area contributed by atoms with Crippen LogP contribution in [-0.4, -0.2) is 18.1 Å². The highest BCUT2D eigenvalue weighted by atomic mass is 32.1. The van der Waals surface area contributed by atoms with Crippen LogP contribution in [0.3, 0.4) is 0 Å². The highest BCUT2D eigenvalue weighted by molar-refractivity contribution is 7.09. The molecule has 1 atom stereocenters. The minimum atomic E-state index is -0.317. The molecule has 0 saturated carbocycles. The van der Waals surface area contributed by atoms with Gasteiger partial charge in [0, 0.05) is 11.1 Å². The molecular formula is C15H18N2O2S. The summed E-state index contributed by atoms with van der Waals surface area (Å²) in [5.74, 6) is -0.317. The van der Waals surface area contributed by atoms with Gasteiger partial charge in [-0.3, -0.25) is 0 Å². The van der Waals surface area contributed by atoms with Gasteiger partial charge in [0.05, 0.1) is 29.4 Å². The lowest BCUT2D eigenvalue weighted by Gasteiger charge is -2.15. The van der Waals surface area contributed by atoms with Crippen LogP contribution in [0.25, 0.3) is 0 Å². The number of carbonyl (C=O) groups excluding carboxylic acids is 1. The molecule has 0 saturated heterocycles. The number of ether oxygens (including phenoxy) is 1. The third-order valence-electron chi connectivity index (χ3n) is 3.10. The normalized spacial score (nSPS) is 12.0. The fraction of sp³-hybridized carbons (Fsp3) is 0.333. The van der Waals surface area contributed by atoms with Gasteiger partial charge in [0.15, 0.2) is 0 Å². The molecule has 2 aromatic rings. The number of rotatable bonds is 4. The molecule has 0 bridgehead atoms. The van der Waals surface area contributed by atoms with Crippen LogP contribution in [0.4, 0.5) is 5.69 Å². The zero-order valence-electron chi connectivity index (χ0n) is 12.1. The lowest BCUT2D eigenvalue weighted by molar-refractivity contribution is 0.0600. The van der Waals surface area contributed by atoms with Gasteiger partial charge in [-0.05, 0) is 44.5 Å². The van der Waals surface area contributed by atoms with Crippen molar-refractivity contribution in [2.75, 3.05) is 12.4 Å². The van der Waals surface area contributed by atoms with Crippen molar-refractivity contribution in [3.05, 3.63) is 45.4 Å². The maximum atomic E-state index is 11.5. The first-order valence-corrected chi connectivity index (χ1v) is 7.26. The summed E-state index contributed by atoms with van der Waals surface area (Å²) in [6, 6.07) is 5.62. The molecule has 106 valence electrons. The zero-order valence-corrected chi connectivity index (χ0v) is 12.9. The average Bonchev–Trinajstić information content (AvgIpc) is 2.86. The van der Waals surface area contributed by atoms with Gasteiger partial charge in [-0.2, -0.15) is 0 Å². The van der Waals surface area contributed by atoms with Gasteiger partial charge in [-0.15, -0.1) is 11.3 Å². The SMILES string of the molecule is COC(=O)c1ccc(NC(C)c2csc(C)n2)c(C)c1. The van der Waals surface area contributed by atoms with Crippen LogP contribution in [0.1, 0.15) is 39.6 Å². The predicted molar refractivity (Wildman–Crippen MR) is 81.4 cm³/mol. The van der Waals surface area contributed by atoms with Crippen molar-refractivity contribution in [1.29, 1.82) is 0 Å². The van der Waals surface area contributed by atoms with Crippen LogP contribution in [0.15, 0.2) is 23.6 Å². The minimum Gasteiger partial charge on any atom is -0.465 e. The quantitative estimate of drug-likeness (QED) is 0.872. The van der Waals surface area contributed by atoms with Crippen molar-refractivity contribution >= 4 is 23.0 Å². The van der Waals surface area contributed by atoms with E-state index in [1.165, 1.54) is 7.11 Å². The van der Waals surface area contributed by atoms with Gasteiger partial charge in [-0.1, -0.05) is 0 Å². The molecule has 0 amide bonds. The van der Waals surface area contributed by atoms with Crippen molar-refractivity contribution in [2.24, 2.45) is 0 Å². The Morgan fingerprint density at radius 1 is 1.40 bits per heavy atom. The molecule has 0 fully saturated rings. The topological polar surface area (TPSA) is 51.2 Å². The molecule has 0 aliphatic rings. The molecule has 1 aromatic carbocycles. The minimum absolute atomic E-state index is 0.127. The van der Waals surface area contributed by atoms with Gasteiger partial charge < -0.3 is 10.1 Å². The van der Waals surface area contributed by atoms with Gasteiger partial charge >= 0.3 is 5.97 Å². The number of aromatic nitrogens is 1. The summed E-state index contributed by atoms with van der Waals surface area (Å²) in [6.45, 7) is 6.03. The second kappa shape index (κ2) is 6.05. The maximum Gasteiger partial charge on any atom is 0.337 e. The number of hydrogen-bond acceptors (Lipinski definition) is 5. The van der Waals surface area contributed by atoms with Crippen LogP contribution in [0, 0.1) is 13.8 Å². The van der Waals surface area contributed by atoms with Crippen LogP contribution in [0.5, 0.6) is 0 Å². The molecule has 20 heavy (non-hydrogen) atoms. The number of thiazole rings is 1. The third kappa shape index (κ3) is 3.17. The number of esters is 1. The first-order chi connectivity index (χ1) is 9.51. The van der Waals surface area contributed by atoms with E-state index in [0.29, 0.717) is 5.56 Å². The number of aryl methyl sites for hydroxylation is 2. The maximum absolute atomic E-state index is 11.5. The first-order valence-electron chi connectivity index (χ1n) is 6.38. The highest BCUT2D eigenvalue weighted by Gasteiger charge is 2.12. The molecule has 1 N–H and O–H groups in total. The molecule has 1 unspecified atom stereocenters. The smallest absolute Gasteiger partial charge is 0.337 e. The van der Waals surface area contributed by atoms with E-state index >= 15 is 0 Å². The number of carbonyl (C=O) groups is 1. The largest absolute Gasteiger partial charge is 0.465 e. The van der Waals surface area contributed by atoms with Crippen LogP contribution in [0.2, 0.25) is 0 Å². The van der Waals surface area contributed by atoms with E-state index in [1.807, 2.05) is 26.0 Å². The number of anilines is 1. The Morgan fingerprint density at radius 2 is 2.15 bits per heavy atom. The van der Waals surface area contributed by atoms with E-state index in [2.05, 4.69) is 22.6 Å². The molecule has 0 aliphatic heterocycles. The lowest BCUT2D eigenvalue weighted by Crippen LogP contribution is -2.09. The lowest BCUT2D eigenvalue weighted by atomic mass is 10.1. The Morgan fingerprint density at radius 3 is 2.70 bits per heavy atom. The number of benzene rings is 1. The second-order valence-corrected chi connectivity index (χ2v) is 5.74. The van der Waals surface area contributed by atoms with Gasteiger partial charge in [0.1, 0.15) is 0 Å². The molecular weight excluding hydrogens is 272 g/mol. The summed E-state index contributed by atoms with van der Waals surface area (Å²) in [7, 11) is 1.39. The Kier molecular flexibility index (Phi) is 4.39. The fourth-order valence-corrected chi connectivity index (χ4v) is 2.66. The molecule has 2 rings (SSSR count). The summed E-state index contributed by atoms with van der Waals surface area (Å²) in [5, 5.41) is 6.54. The number of nitrogens with one attached hydrogen (secondary N) is 1. The molecule has 5 heteroatoms. The molecule has 0 radical (unpaired) electrons. The van der Waals surface area contributed by atoms with Crippen molar-refractivity contribution < 1.29 is 9.53 Å². The molecule has 0 spiro atoms. The summed E-state index contributed by atoms with van der Waals surface area (Å²) in [6.07, 6.45) is 0. The summed E-state index contributed by atoms with van der Waals surface area (Å²) < 4.78 is 4.72. The second-order valence-electron chi connectivity index (χ2n) is 4.68. The van der Waals surface area contributed by atoms with Gasteiger partial charge in [-0.25, -0.2) is 9.78 Å². The fourth-order valence-electron chi connectivity index (χ4n) is 1.96. The van der Waals surface area contributed by atoms with E-state index in [9.17, 15) is 4.79 Å². The Labute approximate surface area is 122 Å². The standard InChI is InChI=1S/C15H18N2O2S/c1-9-7-12(15(18)19-4)5-6-13(9)16-10(2)14-8-20-11(3)17-14/h5-8,10,16H,1-4H3. The first kappa shape index (κ1) is 14.5. The van der Waals surface area contributed by atoms with Gasteiger partial charge in [0.25, 0.3) is 0 Å². The van der Waals surface area contributed by atoms with Crippen molar-refractivity contribution in [3.8, 4) is 0 Å². The van der Waals surface area contributed by atoms with Crippen LogP contribution in [-0.2, 0) is 4.74 Å². The number of nitrogens with zero attached hydrogens (tertiary/aromatic N) is 1. The summed E-state index contributed by atoms with van der Waals surface area (Å²) >= 11 is 1.64.